The highest BCUT2D eigenvalue weighted by Gasteiger charge is 2.33. The first-order valence-corrected chi connectivity index (χ1v) is 9.64. The maximum Gasteiger partial charge on any atom is 0.417 e. The summed E-state index contributed by atoms with van der Waals surface area (Å²) in [5.74, 6) is -0.926. The van der Waals surface area contributed by atoms with E-state index in [-0.39, 0.29) is 28.6 Å². The molecule has 1 aromatic carbocycles. The summed E-state index contributed by atoms with van der Waals surface area (Å²) >= 11 is 0. The molecule has 2 N–H and O–H groups in total. The quantitative estimate of drug-likeness (QED) is 0.426. The number of halogens is 6. The van der Waals surface area contributed by atoms with Crippen LogP contribution >= 0.6 is 0 Å². The first kappa shape index (κ1) is 24.8. The van der Waals surface area contributed by atoms with Gasteiger partial charge < -0.3 is 15.4 Å². The molecule has 0 spiro atoms. The largest absolute Gasteiger partial charge is 0.481 e. The summed E-state index contributed by atoms with van der Waals surface area (Å²) in [5, 5.41) is 5.13. The first-order valence-electron chi connectivity index (χ1n) is 9.64. The van der Waals surface area contributed by atoms with Crippen LogP contribution in [0.3, 0.4) is 0 Å². The van der Waals surface area contributed by atoms with Gasteiger partial charge in [-0.25, -0.2) is 9.97 Å². The highest BCUT2D eigenvalue weighted by atomic mass is 19.4. The van der Waals surface area contributed by atoms with E-state index in [0.29, 0.717) is 18.0 Å². The van der Waals surface area contributed by atoms with Gasteiger partial charge in [0.1, 0.15) is 5.82 Å². The summed E-state index contributed by atoms with van der Waals surface area (Å²) in [6.45, 7) is 2.95. The Balaban J connectivity index is 1.99. The minimum atomic E-state index is -4.78. The van der Waals surface area contributed by atoms with Gasteiger partial charge in [0.2, 0.25) is 5.88 Å². The Bertz CT molecular complexity index is 1220. The molecule has 0 atom stereocenters. The maximum atomic E-state index is 13.3. The van der Waals surface area contributed by atoms with Crippen LogP contribution in [-0.4, -0.2) is 23.0 Å². The van der Waals surface area contributed by atoms with Crippen LogP contribution in [0.2, 0.25) is 0 Å². The number of carbonyl (C=O) groups is 1. The van der Waals surface area contributed by atoms with Gasteiger partial charge in [0.15, 0.2) is 0 Å². The van der Waals surface area contributed by atoms with Gasteiger partial charge in [-0.1, -0.05) is 0 Å². The Kier molecular flexibility index (Phi) is 6.71. The van der Waals surface area contributed by atoms with E-state index in [0.717, 1.165) is 18.2 Å². The normalized spacial score (nSPS) is 11.8. The standard InChI is InChI=1S/C22H18F6N4O2/c1-11-8-13(21(23,24)25)4-5-16(11)31-19-15(9-14(10-29-19)22(26,27)28)20(33)32-17-6-7-18(34-3)30-12(17)2/h4-10H,1-3H3,(H,29,31)(H,32,33). The predicted octanol–water partition coefficient (Wildman–Crippen LogP) is 6.14. The molecule has 2 heterocycles. The molecule has 0 aliphatic rings. The highest BCUT2D eigenvalue weighted by molar-refractivity contribution is 6.08. The zero-order valence-corrected chi connectivity index (χ0v) is 18.0. The average Bonchev–Trinajstić information content (AvgIpc) is 2.75. The second kappa shape index (κ2) is 9.20. The van der Waals surface area contributed by atoms with E-state index in [4.69, 9.17) is 4.74 Å². The van der Waals surface area contributed by atoms with E-state index < -0.39 is 35.0 Å². The van der Waals surface area contributed by atoms with Crippen LogP contribution in [-0.2, 0) is 12.4 Å². The number of alkyl halides is 6. The van der Waals surface area contributed by atoms with E-state index in [1.54, 1.807) is 6.92 Å². The molecule has 3 aromatic rings. The van der Waals surface area contributed by atoms with Crippen LogP contribution in [0.25, 0.3) is 0 Å². The third-order valence-electron chi connectivity index (χ3n) is 4.78. The fourth-order valence-corrected chi connectivity index (χ4v) is 2.97. The van der Waals surface area contributed by atoms with Crippen molar-refractivity contribution in [3.05, 3.63) is 70.5 Å². The van der Waals surface area contributed by atoms with E-state index in [9.17, 15) is 31.1 Å². The van der Waals surface area contributed by atoms with E-state index in [1.165, 1.54) is 26.2 Å². The number of nitrogens with one attached hydrogen (secondary N) is 2. The third kappa shape index (κ3) is 5.56. The molecule has 6 nitrogen and oxygen atoms in total. The van der Waals surface area contributed by atoms with Gasteiger partial charge in [0.25, 0.3) is 5.91 Å². The number of aromatic nitrogens is 2. The van der Waals surface area contributed by atoms with E-state index >= 15 is 0 Å². The van der Waals surface area contributed by atoms with Crippen molar-refractivity contribution in [3.63, 3.8) is 0 Å². The number of methoxy groups -OCH3 is 1. The maximum absolute atomic E-state index is 13.3. The van der Waals surface area contributed by atoms with Crippen molar-refractivity contribution < 1.29 is 35.9 Å². The van der Waals surface area contributed by atoms with Gasteiger partial charge in [-0.15, -0.1) is 0 Å². The van der Waals surface area contributed by atoms with Crippen molar-refractivity contribution in [1.29, 1.82) is 0 Å². The number of rotatable bonds is 5. The number of aryl methyl sites for hydroxylation is 2. The minimum Gasteiger partial charge on any atom is -0.481 e. The Morgan fingerprint density at radius 3 is 2.12 bits per heavy atom. The van der Waals surface area contributed by atoms with Gasteiger partial charge >= 0.3 is 12.4 Å². The molecular weight excluding hydrogens is 466 g/mol. The fourth-order valence-electron chi connectivity index (χ4n) is 2.97. The molecule has 0 saturated carbocycles. The van der Waals surface area contributed by atoms with Crippen molar-refractivity contribution >= 4 is 23.1 Å². The molecule has 180 valence electrons. The number of carbonyl (C=O) groups excluding carboxylic acids is 1. The number of hydrogen-bond acceptors (Lipinski definition) is 5. The second-order valence-electron chi connectivity index (χ2n) is 7.21. The summed E-state index contributed by atoms with van der Waals surface area (Å²) in [7, 11) is 1.40. The summed E-state index contributed by atoms with van der Waals surface area (Å²) < 4.78 is 83.6. The van der Waals surface area contributed by atoms with Gasteiger partial charge in [-0.3, -0.25) is 4.79 Å². The van der Waals surface area contributed by atoms with Crippen molar-refractivity contribution in [3.8, 4) is 5.88 Å². The molecule has 12 heteroatoms. The molecule has 34 heavy (non-hydrogen) atoms. The lowest BCUT2D eigenvalue weighted by atomic mass is 10.1. The van der Waals surface area contributed by atoms with Crippen LogP contribution in [0.4, 0.5) is 43.5 Å². The third-order valence-corrected chi connectivity index (χ3v) is 4.78. The van der Waals surface area contributed by atoms with Gasteiger partial charge in [0.05, 0.1) is 35.2 Å². The van der Waals surface area contributed by atoms with Gasteiger partial charge in [-0.05, 0) is 49.7 Å². The molecular formula is C22H18F6N4O2. The first-order chi connectivity index (χ1) is 15.8. The Morgan fingerprint density at radius 2 is 1.56 bits per heavy atom. The van der Waals surface area contributed by atoms with Gasteiger partial charge in [0, 0.05) is 18.0 Å². The monoisotopic (exact) mass is 484 g/mol. The van der Waals surface area contributed by atoms with Crippen LogP contribution in [0.5, 0.6) is 5.88 Å². The van der Waals surface area contributed by atoms with Crippen LogP contribution in [0.15, 0.2) is 42.6 Å². The Morgan fingerprint density at radius 1 is 0.912 bits per heavy atom. The van der Waals surface area contributed by atoms with Crippen molar-refractivity contribution in [2.75, 3.05) is 17.7 Å². The highest BCUT2D eigenvalue weighted by Crippen LogP contribution is 2.34. The number of hydrogen-bond donors (Lipinski definition) is 2. The van der Waals surface area contributed by atoms with Crippen LogP contribution in [0.1, 0.15) is 32.7 Å². The molecule has 3 rings (SSSR count). The molecule has 0 unspecified atom stereocenters. The predicted molar refractivity (Wildman–Crippen MR) is 112 cm³/mol. The molecule has 0 saturated heterocycles. The molecule has 0 bridgehead atoms. The topological polar surface area (TPSA) is 76.1 Å². The lowest BCUT2D eigenvalue weighted by Crippen LogP contribution is -2.18. The SMILES string of the molecule is COc1ccc(NC(=O)c2cc(C(F)(F)F)cnc2Nc2ccc(C(F)(F)F)cc2C)c(C)n1. The van der Waals surface area contributed by atoms with Gasteiger partial charge in [-0.2, -0.15) is 26.3 Å². The molecule has 0 fully saturated rings. The number of amides is 1. The lowest BCUT2D eigenvalue weighted by Gasteiger charge is -2.17. The fraction of sp³-hybridized carbons (Fsp3) is 0.227. The van der Waals surface area contributed by atoms with Crippen molar-refractivity contribution in [2.45, 2.75) is 26.2 Å². The molecule has 1 amide bonds. The molecule has 2 aromatic heterocycles. The molecule has 0 aliphatic carbocycles. The lowest BCUT2D eigenvalue weighted by molar-refractivity contribution is -0.138. The zero-order valence-electron chi connectivity index (χ0n) is 18.0. The summed E-state index contributed by atoms with van der Waals surface area (Å²) in [4.78, 5) is 20.7. The number of pyridine rings is 2. The number of nitrogens with zero attached hydrogens (tertiary/aromatic N) is 2. The average molecular weight is 484 g/mol. The van der Waals surface area contributed by atoms with Crippen LogP contribution < -0.4 is 15.4 Å². The Labute approximate surface area is 190 Å². The van der Waals surface area contributed by atoms with Crippen molar-refractivity contribution in [2.24, 2.45) is 0 Å². The van der Waals surface area contributed by atoms with E-state index in [2.05, 4.69) is 20.6 Å². The van der Waals surface area contributed by atoms with E-state index in [1.807, 2.05) is 0 Å². The summed E-state index contributed by atoms with van der Waals surface area (Å²) in [6.07, 6.45) is -8.81. The number of benzene rings is 1. The number of anilines is 3. The van der Waals surface area contributed by atoms with Crippen LogP contribution in [0, 0.1) is 13.8 Å². The number of ether oxygens (including phenoxy) is 1. The summed E-state index contributed by atoms with van der Waals surface area (Å²) in [6, 6.07) is 6.32. The molecule has 0 aliphatic heterocycles. The zero-order chi connectivity index (χ0) is 25.3. The molecule has 0 radical (unpaired) electrons. The second-order valence-corrected chi connectivity index (χ2v) is 7.21. The summed E-state index contributed by atoms with van der Waals surface area (Å²) in [5.41, 5.74) is -1.67. The van der Waals surface area contributed by atoms with Crippen molar-refractivity contribution in [1.82, 2.24) is 9.97 Å². The smallest absolute Gasteiger partial charge is 0.417 e. The Hall–Kier alpha value is -3.83. The minimum absolute atomic E-state index is 0.136.